The van der Waals surface area contributed by atoms with Gasteiger partial charge < -0.3 is 14.6 Å². The Hall–Kier alpha value is -3.37. The maximum absolute atomic E-state index is 11.2. The fourth-order valence-corrected chi connectivity index (χ4v) is 3.29. The van der Waals surface area contributed by atoms with E-state index in [9.17, 15) is 9.90 Å². The quantitative estimate of drug-likeness (QED) is 0.449. The number of carboxylic acids is 1. The van der Waals surface area contributed by atoms with E-state index in [-0.39, 0.29) is 0 Å². The van der Waals surface area contributed by atoms with Crippen LogP contribution in [0.4, 0.5) is 0 Å². The average Bonchev–Trinajstić information content (AvgIpc) is 2.80. The Kier molecular flexibility index (Phi) is 8.02. The minimum absolute atomic E-state index is 0.335. The zero-order chi connectivity index (χ0) is 22.1. The van der Waals surface area contributed by atoms with Crippen molar-refractivity contribution in [3.8, 4) is 16.9 Å². The van der Waals surface area contributed by atoms with Crippen molar-refractivity contribution in [1.29, 1.82) is 0 Å². The number of allylic oxidation sites excluding steroid dienone is 1. The third-order valence-corrected chi connectivity index (χ3v) is 5.07. The highest BCUT2D eigenvalue weighted by Crippen LogP contribution is 2.22. The Balaban J connectivity index is 1.54. The van der Waals surface area contributed by atoms with Gasteiger partial charge in [-0.3, -0.25) is 0 Å². The summed E-state index contributed by atoms with van der Waals surface area (Å²) in [5.74, 6) is -0.199. The van der Waals surface area contributed by atoms with Crippen molar-refractivity contribution in [2.45, 2.75) is 26.4 Å². The van der Waals surface area contributed by atoms with Gasteiger partial charge in [-0.25, -0.2) is 4.79 Å². The van der Waals surface area contributed by atoms with E-state index in [2.05, 4.69) is 49.4 Å². The Bertz CT molecular complexity index is 990. The fraction of sp³-hybridized carbons (Fsp3) is 0.222. The summed E-state index contributed by atoms with van der Waals surface area (Å²) in [5.41, 5.74) is 5.62. The predicted octanol–water partition coefficient (Wildman–Crippen LogP) is 5.87. The van der Waals surface area contributed by atoms with E-state index in [0.29, 0.717) is 19.6 Å². The van der Waals surface area contributed by atoms with Crippen LogP contribution >= 0.6 is 0 Å². The Morgan fingerprint density at radius 2 is 1.58 bits per heavy atom. The molecule has 0 saturated heterocycles. The summed E-state index contributed by atoms with van der Waals surface area (Å²) in [6.45, 7) is 4.70. The highest BCUT2D eigenvalue weighted by Gasteiger charge is 2.17. The van der Waals surface area contributed by atoms with Crippen LogP contribution in [0.15, 0.2) is 84.9 Å². The van der Waals surface area contributed by atoms with Crippen LogP contribution in [0.25, 0.3) is 16.7 Å². The van der Waals surface area contributed by atoms with Crippen molar-refractivity contribution in [3.63, 3.8) is 0 Å². The van der Waals surface area contributed by atoms with Gasteiger partial charge in [-0.15, -0.1) is 0 Å². The summed E-state index contributed by atoms with van der Waals surface area (Å²) in [6, 6.07) is 26.3. The monoisotopic (exact) mass is 416 g/mol. The number of rotatable bonds is 10. The predicted molar refractivity (Wildman–Crippen MR) is 124 cm³/mol. The molecule has 0 amide bonds. The molecule has 3 aromatic carbocycles. The van der Waals surface area contributed by atoms with E-state index in [1.807, 2.05) is 42.5 Å². The van der Waals surface area contributed by atoms with Crippen LogP contribution < -0.4 is 4.74 Å². The average molecular weight is 417 g/mol. The molecule has 3 rings (SSSR count). The van der Waals surface area contributed by atoms with Gasteiger partial charge in [0.2, 0.25) is 0 Å². The van der Waals surface area contributed by atoms with Gasteiger partial charge >= 0.3 is 5.97 Å². The van der Waals surface area contributed by atoms with E-state index in [4.69, 9.17) is 9.47 Å². The van der Waals surface area contributed by atoms with Gasteiger partial charge in [-0.2, -0.15) is 0 Å². The van der Waals surface area contributed by atoms with Crippen LogP contribution in [0.2, 0.25) is 0 Å². The molecule has 3 aromatic rings. The number of carbonyl (C=O) groups is 1. The zero-order valence-corrected chi connectivity index (χ0v) is 18.0. The van der Waals surface area contributed by atoms with E-state index >= 15 is 0 Å². The van der Waals surface area contributed by atoms with Crippen LogP contribution in [0.5, 0.6) is 5.75 Å². The van der Waals surface area contributed by atoms with Crippen molar-refractivity contribution in [2.24, 2.45) is 0 Å². The van der Waals surface area contributed by atoms with Gasteiger partial charge in [-0.1, -0.05) is 66.7 Å². The van der Waals surface area contributed by atoms with Gasteiger partial charge in [0.1, 0.15) is 12.4 Å². The molecule has 0 aromatic heterocycles. The molecule has 0 aliphatic rings. The number of ether oxygens (including phenoxy) is 2. The van der Waals surface area contributed by atoms with Gasteiger partial charge in [0, 0.05) is 13.0 Å². The lowest BCUT2D eigenvalue weighted by Gasteiger charge is -2.12. The van der Waals surface area contributed by atoms with Gasteiger partial charge in [0.15, 0.2) is 6.10 Å². The first-order chi connectivity index (χ1) is 15.1. The van der Waals surface area contributed by atoms with Gasteiger partial charge in [0.25, 0.3) is 0 Å². The maximum Gasteiger partial charge on any atom is 0.333 e. The number of hydrogen-bond acceptors (Lipinski definition) is 3. The first-order valence-corrected chi connectivity index (χ1v) is 10.5. The van der Waals surface area contributed by atoms with Gasteiger partial charge in [-0.05, 0) is 59.9 Å². The second-order valence-electron chi connectivity index (χ2n) is 7.27. The smallest absolute Gasteiger partial charge is 0.333 e. The topological polar surface area (TPSA) is 55.8 Å². The molecule has 4 heteroatoms. The van der Waals surface area contributed by atoms with Crippen molar-refractivity contribution in [3.05, 3.63) is 96.1 Å². The molecule has 31 heavy (non-hydrogen) atoms. The lowest BCUT2D eigenvalue weighted by molar-refractivity contribution is -0.149. The summed E-state index contributed by atoms with van der Waals surface area (Å²) in [7, 11) is 0. The molecule has 4 nitrogen and oxygen atoms in total. The van der Waals surface area contributed by atoms with E-state index < -0.39 is 12.1 Å². The fourth-order valence-electron chi connectivity index (χ4n) is 3.29. The number of hydrogen-bond donors (Lipinski definition) is 1. The molecule has 0 radical (unpaired) electrons. The molecule has 1 N–H and O–H groups in total. The molecule has 0 aliphatic carbocycles. The molecule has 0 bridgehead atoms. The third kappa shape index (κ3) is 6.56. The summed E-state index contributed by atoms with van der Waals surface area (Å²) in [6.07, 6.45) is 1.57. The summed E-state index contributed by atoms with van der Waals surface area (Å²) in [4.78, 5) is 11.2. The second-order valence-corrected chi connectivity index (χ2v) is 7.27. The van der Waals surface area contributed by atoms with Crippen LogP contribution in [-0.2, 0) is 16.0 Å². The Morgan fingerprint density at radius 3 is 2.19 bits per heavy atom. The lowest BCUT2D eigenvalue weighted by Crippen LogP contribution is -2.26. The molecular weight excluding hydrogens is 388 g/mol. The zero-order valence-electron chi connectivity index (χ0n) is 18.0. The molecule has 0 saturated carbocycles. The van der Waals surface area contributed by atoms with Crippen LogP contribution in [0, 0.1) is 0 Å². The third-order valence-electron chi connectivity index (χ3n) is 5.07. The summed E-state index contributed by atoms with van der Waals surface area (Å²) in [5, 5.41) is 9.20. The SMILES string of the molecule is CCO[C@@H](Cc1ccc(OCC=C(C)c2ccc(-c3ccccc3)cc2)cc1)C(=O)O. The number of benzene rings is 3. The van der Waals surface area contributed by atoms with Crippen LogP contribution in [0.3, 0.4) is 0 Å². The lowest BCUT2D eigenvalue weighted by atomic mass is 10.0. The van der Waals surface area contributed by atoms with E-state index in [0.717, 1.165) is 22.4 Å². The molecule has 0 aliphatic heterocycles. The first-order valence-electron chi connectivity index (χ1n) is 10.5. The molecule has 160 valence electrons. The van der Waals surface area contributed by atoms with Crippen molar-refractivity contribution < 1.29 is 19.4 Å². The Morgan fingerprint density at radius 1 is 0.935 bits per heavy atom. The van der Waals surface area contributed by atoms with Gasteiger partial charge in [0.05, 0.1) is 0 Å². The van der Waals surface area contributed by atoms with Crippen molar-refractivity contribution in [1.82, 2.24) is 0 Å². The van der Waals surface area contributed by atoms with Crippen molar-refractivity contribution in [2.75, 3.05) is 13.2 Å². The summed E-state index contributed by atoms with van der Waals surface area (Å²) < 4.78 is 11.1. The number of carboxylic acid groups (broad SMARTS) is 1. The number of aliphatic carboxylic acids is 1. The minimum Gasteiger partial charge on any atom is -0.490 e. The normalized spacial score (nSPS) is 12.4. The largest absolute Gasteiger partial charge is 0.490 e. The molecule has 0 spiro atoms. The van der Waals surface area contributed by atoms with Crippen molar-refractivity contribution >= 4 is 11.5 Å². The summed E-state index contributed by atoms with van der Waals surface area (Å²) >= 11 is 0. The molecular formula is C27H28O4. The maximum atomic E-state index is 11.2. The van der Waals surface area contributed by atoms with E-state index in [1.54, 1.807) is 6.92 Å². The molecule has 0 unspecified atom stereocenters. The minimum atomic E-state index is -0.945. The van der Waals surface area contributed by atoms with Crippen LogP contribution in [-0.4, -0.2) is 30.4 Å². The highest BCUT2D eigenvalue weighted by atomic mass is 16.5. The second kappa shape index (κ2) is 11.1. The molecule has 0 fully saturated rings. The highest BCUT2D eigenvalue weighted by molar-refractivity contribution is 5.72. The standard InChI is InChI=1S/C27H28O4/c1-3-30-26(27(28)29)19-21-9-15-25(16-10-21)31-18-17-20(2)22-11-13-24(14-12-22)23-7-5-4-6-8-23/h4-17,26H,3,18-19H2,1-2H3,(H,28,29)/t26-/m0/s1. The first kappa shape index (κ1) is 22.3. The van der Waals surface area contributed by atoms with E-state index in [1.165, 1.54) is 11.1 Å². The molecule has 1 atom stereocenters. The molecule has 0 heterocycles. The Labute approximate surface area is 183 Å². The van der Waals surface area contributed by atoms with Crippen LogP contribution in [0.1, 0.15) is 25.0 Å².